The summed E-state index contributed by atoms with van der Waals surface area (Å²) in [5.41, 5.74) is 1.92. The molecule has 108 valence electrons. The van der Waals surface area contributed by atoms with E-state index >= 15 is 0 Å². The standard InChI is InChI=1S/C16H22N2O2/c1-18(2)10-11-4-3-5-12(8-11)16(19)17-14-9-15-13(14)6-7-20-15/h3-5,8,13-15H,6-7,9-10H2,1-2H3,(H,17,19)/t13-,14+,15+/m1/s1. The summed E-state index contributed by atoms with van der Waals surface area (Å²) in [4.78, 5) is 14.4. The van der Waals surface area contributed by atoms with Crippen molar-refractivity contribution >= 4 is 5.91 Å². The van der Waals surface area contributed by atoms with E-state index < -0.39 is 0 Å². The highest BCUT2D eigenvalue weighted by molar-refractivity contribution is 5.94. The summed E-state index contributed by atoms with van der Waals surface area (Å²) in [5, 5.41) is 3.15. The smallest absolute Gasteiger partial charge is 0.251 e. The first kappa shape index (κ1) is 13.6. The lowest BCUT2D eigenvalue weighted by Crippen LogP contribution is -2.53. The van der Waals surface area contributed by atoms with Gasteiger partial charge >= 0.3 is 0 Å². The molecule has 0 spiro atoms. The lowest BCUT2D eigenvalue weighted by molar-refractivity contribution is 0.00809. The monoisotopic (exact) mass is 274 g/mol. The van der Waals surface area contributed by atoms with E-state index in [1.54, 1.807) is 0 Å². The molecule has 2 fully saturated rings. The van der Waals surface area contributed by atoms with Crippen LogP contribution in [-0.2, 0) is 11.3 Å². The van der Waals surface area contributed by atoms with Crippen LogP contribution in [-0.4, -0.2) is 43.7 Å². The Balaban J connectivity index is 1.62. The van der Waals surface area contributed by atoms with Crippen molar-refractivity contribution in [3.63, 3.8) is 0 Å². The van der Waals surface area contributed by atoms with Crippen LogP contribution >= 0.6 is 0 Å². The molecule has 0 bridgehead atoms. The van der Waals surface area contributed by atoms with Crippen molar-refractivity contribution in [2.45, 2.75) is 31.5 Å². The lowest BCUT2D eigenvalue weighted by atomic mass is 9.76. The van der Waals surface area contributed by atoms with Gasteiger partial charge in [0.2, 0.25) is 0 Å². The van der Waals surface area contributed by atoms with Crippen molar-refractivity contribution < 1.29 is 9.53 Å². The zero-order chi connectivity index (χ0) is 14.1. The highest BCUT2D eigenvalue weighted by atomic mass is 16.5. The number of ether oxygens (including phenoxy) is 1. The predicted octanol–water partition coefficient (Wildman–Crippen LogP) is 1.66. The fourth-order valence-corrected chi connectivity index (χ4v) is 3.19. The van der Waals surface area contributed by atoms with Gasteiger partial charge in [-0.3, -0.25) is 4.79 Å². The number of hydrogen-bond acceptors (Lipinski definition) is 3. The van der Waals surface area contributed by atoms with E-state index in [0.717, 1.165) is 31.6 Å². The summed E-state index contributed by atoms with van der Waals surface area (Å²) in [5.74, 6) is 0.574. The molecule has 2 aliphatic rings. The molecule has 1 saturated carbocycles. The summed E-state index contributed by atoms with van der Waals surface area (Å²) in [6.07, 6.45) is 2.43. The Morgan fingerprint density at radius 2 is 2.30 bits per heavy atom. The van der Waals surface area contributed by atoms with Gasteiger partial charge in [-0.05, 0) is 44.6 Å². The quantitative estimate of drug-likeness (QED) is 0.908. The van der Waals surface area contributed by atoms with Crippen molar-refractivity contribution in [2.24, 2.45) is 5.92 Å². The molecule has 1 aliphatic heterocycles. The summed E-state index contributed by atoms with van der Waals surface area (Å²) in [6, 6.07) is 8.18. The Morgan fingerprint density at radius 3 is 3.05 bits per heavy atom. The van der Waals surface area contributed by atoms with Crippen LogP contribution < -0.4 is 5.32 Å². The Hall–Kier alpha value is -1.39. The number of rotatable bonds is 4. The number of hydrogen-bond donors (Lipinski definition) is 1. The summed E-state index contributed by atoms with van der Waals surface area (Å²) in [6.45, 7) is 1.70. The van der Waals surface area contributed by atoms with Crippen LogP contribution in [0, 0.1) is 5.92 Å². The van der Waals surface area contributed by atoms with Crippen molar-refractivity contribution in [2.75, 3.05) is 20.7 Å². The fourth-order valence-electron chi connectivity index (χ4n) is 3.19. The molecule has 3 atom stereocenters. The van der Waals surface area contributed by atoms with Crippen LogP contribution in [0.25, 0.3) is 0 Å². The normalized spacial score (nSPS) is 28.1. The number of carbonyl (C=O) groups excluding carboxylic acids is 1. The average molecular weight is 274 g/mol. The predicted molar refractivity (Wildman–Crippen MR) is 77.6 cm³/mol. The SMILES string of the molecule is CN(C)Cc1cccc(C(=O)N[C@H]2C[C@@H]3OCC[C@H]23)c1. The zero-order valence-corrected chi connectivity index (χ0v) is 12.1. The van der Waals surface area contributed by atoms with E-state index in [1.807, 2.05) is 32.3 Å². The van der Waals surface area contributed by atoms with Gasteiger partial charge in [0.15, 0.2) is 0 Å². The van der Waals surface area contributed by atoms with Gasteiger partial charge in [0.25, 0.3) is 5.91 Å². The molecule has 1 heterocycles. The molecule has 1 aromatic carbocycles. The number of nitrogens with one attached hydrogen (secondary N) is 1. The van der Waals surface area contributed by atoms with Crippen molar-refractivity contribution in [3.05, 3.63) is 35.4 Å². The fraction of sp³-hybridized carbons (Fsp3) is 0.562. The third-order valence-electron chi connectivity index (χ3n) is 4.27. The van der Waals surface area contributed by atoms with Gasteiger partial charge in [0.1, 0.15) is 0 Å². The second-order valence-electron chi connectivity index (χ2n) is 6.12. The highest BCUT2D eigenvalue weighted by Gasteiger charge is 2.45. The Kier molecular flexibility index (Phi) is 3.76. The molecule has 0 aromatic heterocycles. The minimum absolute atomic E-state index is 0.0426. The van der Waals surface area contributed by atoms with E-state index in [0.29, 0.717) is 18.1 Å². The van der Waals surface area contributed by atoms with Gasteiger partial charge in [-0.1, -0.05) is 12.1 Å². The third kappa shape index (κ3) is 2.72. The van der Waals surface area contributed by atoms with Crippen LogP contribution in [0.5, 0.6) is 0 Å². The van der Waals surface area contributed by atoms with E-state index in [-0.39, 0.29) is 5.91 Å². The van der Waals surface area contributed by atoms with Crippen molar-refractivity contribution in [1.82, 2.24) is 10.2 Å². The minimum Gasteiger partial charge on any atom is -0.378 e. The molecule has 1 aromatic rings. The van der Waals surface area contributed by atoms with E-state index in [9.17, 15) is 4.79 Å². The van der Waals surface area contributed by atoms with E-state index in [2.05, 4.69) is 16.3 Å². The highest BCUT2D eigenvalue weighted by Crippen LogP contribution is 2.38. The lowest BCUT2D eigenvalue weighted by Gasteiger charge is -2.39. The second-order valence-corrected chi connectivity index (χ2v) is 6.12. The van der Waals surface area contributed by atoms with Crippen LogP contribution in [0.2, 0.25) is 0 Å². The van der Waals surface area contributed by atoms with Crippen LogP contribution in [0.3, 0.4) is 0 Å². The van der Waals surface area contributed by atoms with Gasteiger partial charge in [-0.2, -0.15) is 0 Å². The largest absolute Gasteiger partial charge is 0.378 e. The number of carbonyl (C=O) groups is 1. The molecule has 0 unspecified atom stereocenters. The molecule has 1 aliphatic carbocycles. The molecule has 1 amide bonds. The molecular formula is C16H22N2O2. The maximum Gasteiger partial charge on any atom is 0.251 e. The van der Waals surface area contributed by atoms with Gasteiger partial charge < -0.3 is 15.0 Å². The van der Waals surface area contributed by atoms with Gasteiger partial charge in [-0.25, -0.2) is 0 Å². The first-order valence-corrected chi connectivity index (χ1v) is 7.29. The molecule has 1 saturated heterocycles. The minimum atomic E-state index is 0.0426. The molecule has 4 nitrogen and oxygen atoms in total. The molecule has 3 rings (SSSR count). The second kappa shape index (κ2) is 5.54. The number of nitrogens with zero attached hydrogens (tertiary/aromatic N) is 1. The Bertz CT molecular complexity index is 501. The third-order valence-corrected chi connectivity index (χ3v) is 4.27. The van der Waals surface area contributed by atoms with Crippen molar-refractivity contribution in [1.29, 1.82) is 0 Å². The molecular weight excluding hydrogens is 252 g/mol. The van der Waals surface area contributed by atoms with Crippen LogP contribution in [0.15, 0.2) is 24.3 Å². The zero-order valence-electron chi connectivity index (χ0n) is 12.1. The van der Waals surface area contributed by atoms with E-state index in [4.69, 9.17) is 4.74 Å². The maximum atomic E-state index is 12.3. The number of amides is 1. The Morgan fingerprint density at radius 1 is 1.45 bits per heavy atom. The molecule has 4 heteroatoms. The van der Waals surface area contributed by atoms with Crippen LogP contribution in [0.1, 0.15) is 28.8 Å². The van der Waals surface area contributed by atoms with Crippen LogP contribution in [0.4, 0.5) is 0 Å². The maximum absolute atomic E-state index is 12.3. The summed E-state index contributed by atoms with van der Waals surface area (Å²) < 4.78 is 5.58. The van der Waals surface area contributed by atoms with Crippen molar-refractivity contribution in [3.8, 4) is 0 Å². The average Bonchev–Trinajstić information content (AvgIpc) is 2.76. The first-order valence-electron chi connectivity index (χ1n) is 7.29. The van der Waals surface area contributed by atoms with Gasteiger partial charge in [0.05, 0.1) is 6.10 Å². The Labute approximate surface area is 120 Å². The first-order chi connectivity index (χ1) is 9.63. The number of benzene rings is 1. The molecule has 20 heavy (non-hydrogen) atoms. The molecule has 1 N–H and O–H groups in total. The summed E-state index contributed by atoms with van der Waals surface area (Å²) in [7, 11) is 4.06. The van der Waals surface area contributed by atoms with Gasteiger partial charge in [-0.15, -0.1) is 0 Å². The molecule has 0 radical (unpaired) electrons. The van der Waals surface area contributed by atoms with Gasteiger partial charge in [0, 0.05) is 30.7 Å². The summed E-state index contributed by atoms with van der Waals surface area (Å²) >= 11 is 0. The topological polar surface area (TPSA) is 41.6 Å². The number of fused-ring (bicyclic) bond motifs is 1. The van der Waals surface area contributed by atoms with E-state index in [1.165, 1.54) is 5.56 Å².